The summed E-state index contributed by atoms with van der Waals surface area (Å²) >= 11 is 0. The number of hydrogen-bond acceptors (Lipinski definition) is 5. The lowest BCUT2D eigenvalue weighted by molar-refractivity contribution is -0.385. The largest absolute Gasteiger partial charge is 0.361 e. The number of nitrogens with one attached hydrogen (secondary N) is 2. The van der Waals surface area contributed by atoms with Crippen molar-refractivity contribution in [3.8, 4) is 6.19 Å². The molecule has 2 amide bonds. The number of aromatic nitrogens is 1. The number of carbonyl (C=O) groups excluding carboxylic acids is 2. The van der Waals surface area contributed by atoms with E-state index in [1.165, 1.54) is 31.3 Å². The Kier molecular flexibility index (Phi) is 5.55. The first kappa shape index (κ1) is 19.6. The molecular formula is C20H17N5O4. The molecule has 0 aliphatic rings. The van der Waals surface area contributed by atoms with Crippen molar-refractivity contribution < 1.29 is 14.5 Å². The summed E-state index contributed by atoms with van der Waals surface area (Å²) in [6, 6.07) is 11.9. The zero-order valence-corrected chi connectivity index (χ0v) is 15.5. The molecule has 2 aromatic carbocycles. The molecule has 0 radical (unpaired) electrons. The highest BCUT2D eigenvalue weighted by molar-refractivity contribution is 6.01. The zero-order chi connectivity index (χ0) is 21.0. The minimum atomic E-state index is -1.08. The van der Waals surface area contributed by atoms with E-state index >= 15 is 0 Å². The molecule has 1 unspecified atom stereocenters. The topological polar surface area (TPSA) is 132 Å². The van der Waals surface area contributed by atoms with E-state index in [2.05, 4.69) is 10.3 Å². The second-order valence-electron chi connectivity index (χ2n) is 6.36. The van der Waals surface area contributed by atoms with Crippen LogP contribution < -0.4 is 5.32 Å². The smallest absolute Gasteiger partial charge is 0.282 e. The maximum absolute atomic E-state index is 12.7. The quantitative estimate of drug-likeness (QED) is 0.288. The third kappa shape index (κ3) is 4.06. The van der Waals surface area contributed by atoms with Gasteiger partial charge in [0.2, 0.25) is 0 Å². The van der Waals surface area contributed by atoms with Crippen LogP contribution in [0.1, 0.15) is 15.9 Å². The lowest BCUT2D eigenvalue weighted by atomic mass is 10.0. The van der Waals surface area contributed by atoms with Crippen LogP contribution in [0.3, 0.4) is 0 Å². The SMILES string of the molecule is CN(C#N)C(=O)C(Cc1c[nH]c2ccccc12)NC(=O)c1ccccc1[N+](=O)[O-]. The molecule has 29 heavy (non-hydrogen) atoms. The highest BCUT2D eigenvalue weighted by Crippen LogP contribution is 2.21. The van der Waals surface area contributed by atoms with E-state index in [1.807, 2.05) is 24.3 Å². The number of carbonyl (C=O) groups is 2. The van der Waals surface area contributed by atoms with Gasteiger partial charge < -0.3 is 10.3 Å². The van der Waals surface area contributed by atoms with Crippen LogP contribution in [0.25, 0.3) is 10.9 Å². The van der Waals surface area contributed by atoms with Crippen LogP contribution in [0.15, 0.2) is 54.7 Å². The Morgan fingerprint density at radius 2 is 1.93 bits per heavy atom. The minimum absolute atomic E-state index is 0.112. The maximum atomic E-state index is 12.7. The second-order valence-corrected chi connectivity index (χ2v) is 6.36. The van der Waals surface area contributed by atoms with Crippen molar-refractivity contribution >= 4 is 28.4 Å². The van der Waals surface area contributed by atoms with Gasteiger partial charge in [-0.1, -0.05) is 30.3 Å². The Labute approximate surface area is 165 Å². The highest BCUT2D eigenvalue weighted by Gasteiger charge is 2.28. The first-order chi connectivity index (χ1) is 13.9. The molecule has 9 nitrogen and oxygen atoms in total. The Balaban J connectivity index is 1.92. The number of aromatic amines is 1. The molecule has 3 rings (SSSR count). The van der Waals surface area contributed by atoms with Gasteiger partial charge in [0.25, 0.3) is 17.5 Å². The van der Waals surface area contributed by atoms with Crippen molar-refractivity contribution in [2.24, 2.45) is 0 Å². The van der Waals surface area contributed by atoms with E-state index in [-0.39, 0.29) is 17.7 Å². The van der Waals surface area contributed by atoms with Crippen molar-refractivity contribution in [1.82, 2.24) is 15.2 Å². The molecule has 0 fully saturated rings. The lowest BCUT2D eigenvalue weighted by Crippen LogP contribution is -2.47. The number of rotatable bonds is 6. The molecule has 3 aromatic rings. The van der Waals surface area contributed by atoms with Gasteiger partial charge in [0.05, 0.1) is 4.92 Å². The number of H-pyrrole nitrogens is 1. The molecule has 1 aromatic heterocycles. The average Bonchev–Trinajstić information content (AvgIpc) is 3.15. The molecule has 1 atom stereocenters. The normalized spacial score (nSPS) is 11.4. The highest BCUT2D eigenvalue weighted by atomic mass is 16.6. The van der Waals surface area contributed by atoms with Crippen LogP contribution >= 0.6 is 0 Å². The first-order valence-corrected chi connectivity index (χ1v) is 8.69. The molecule has 0 saturated carbocycles. The van der Waals surface area contributed by atoms with Gasteiger partial charge in [-0.3, -0.25) is 24.6 Å². The number of amides is 2. The second kappa shape index (κ2) is 8.22. The van der Waals surface area contributed by atoms with Gasteiger partial charge in [0.1, 0.15) is 11.6 Å². The maximum Gasteiger partial charge on any atom is 0.282 e. The fourth-order valence-electron chi connectivity index (χ4n) is 3.06. The van der Waals surface area contributed by atoms with Crippen LogP contribution in [0.5, 0.6) is 0 Å². The van der Waals surface area contributed by atoms with Gasteiger partial charge in [0, 0.05) is 36.6 Å². The van der Waals surface area contributed by atoms with Crippen LogP contribution in [-0.4, -0.2) is 39.7 Å². The average molecular weight is 391 g/mol. The van der Waals surface area contributed by atoms with Crippen LogP contribution in [-0.2, 0) is 11.2 Å². The van der Waals surface area contributed by atoms with E-state index in [0.29, 0.717) is 0 Å². The van der Waals surface area contributed by atoms with E-state index in [0.717, 1.165) is 21.4 Å². The standard InChI is InChI=1S/C20H17N5O4/c1-24(12-21)20(27)17(10-13-11-22-16-8-4-2-6-14(13)16)23-19(26)15-7-3-5-9-18(15)25(28)29/h2-9,11,17,22H,10H2,1H3,(H,23,26). The number of nitro groups is 1. The molecule has 146 valence electrons. The number of benzene rings is 2. The fraction of sp³-hybridized carbons (Fsp3) is 0.150. The van der Waals surface area contributed by atoms with Gasteiger partial charge >= 0.3 is 0 Å². The predicted octanol–water partition coefficient (Wildman–Crippen LogP) is 2.36. The van der Waals surface area contributed by atoms with Gasteiger partial charge in [-0.15, -0.1) is 0 Å². The van der Waals surface area contributed by atoms with Crippen molar-refractivity contribution in [2.45, 2.75) is 12.5 Å². The Morgan fingerprint density at radius 1 is 1.24 bits per heavy atom. The zero-order valence-electron chi connectivity index (χ0n) is 15.5. The Morgan fingerprint density at radius 3 is 2.66 bits per heavy atom. The summed E-state index contributed by atoms with van der Waals surface area (Å²) in [4.78, 5) is 39.8. The summed E-state index contributed by atoms with van der Waals surface area (Å²) < 4.78 is 0. The fourth-order valence-corrected chi connectivity index (χ4v) is 3.06. The number of nitriles is 1. The summed E-state index contributed by atoms with van der Waals surface area (Å²) in [6.45, 7) is 0. The Hall–Kier alpha value is -4.19. The van der Waals surface area contributed by atoms with Crippen molar-refractivity contribution in [2.75, 3.05) is 7.05 Å². The molecule has 2 N–H and O–H groups in total. The summed E-state index contributed by atoms with van der Waals surface area (Å²) in [5, 5.41) is 23.7. The van der Waals surface area contributed by atoms with Gasteiger partial charge in [-0.2, -0.15) is 5.26 Å². The number of hydrogen-bond donors (Lipinski definition) is 2. The molecule has 9 heteroatoms. The monoisotopic (exact) mass is 391 g/mol. The molecule has 0 aliphatic carbocycles. The minimum Gasteiger partial charge on any atom is -0.361 e. The summed E-state index contributed by atoms with van der Waals surface area (Å²) in [6.07, 6.45) is 3.56. The third-order valence-electron chi connectivity index (χ3n) is 4.53. The predicted molar refractivity (Wildman–Crippen MR) is 105 cm³/mol. The van der Waals surface area contributed by atoms with E-state index in [4.69, 9.17) is 5.26 Å². The summed E-state index contributed by atoms with van der Waals surface area (Å²) in [5.41, 5.74) is 1.12. The van der Waals surface area contributed by atoms with Gasteiger partial charge in [-0.05, 0) is 17.7 Å². The van der Waals surface area contributed by atoms with E-state index in [1.54, 1.807) is 12.4 Å². The summed E-state index contributed by atoms with van der Waals surface area (Å²) in [5.74, 6) is -1.38. The van der Waals surface area contributed by atoms with E-state index < -0.39 is 22.8 Å². The van der Waals surface area contributed by atoms with Crippen molar-refractivity contribution in [3.63, 3.8) is 0 Å². The number of nitro benzene ring substituents is 1. The van der Waals surface area contributed by atoms with Crippen molar-refractivity contribution in [1.29, 1.82) is 5.26 Å². The molecule has 0 saturated heterocycles. The first-order valence-electron chi connectivity index (χ1n) is 8.69. The van der Waals surface area contributed by atoms with Crippen molar-refractivity contribution in [3.05, 3.63) is 76.0 Å². The molecule has 1 heterocycles. The molecule has 0 aliphatic heterocycles. The number of nitrogens with zero attached hydrogens (tertiary/aromatic N) is 3. The molecule has 0 bridgehead atoms. The van der Waals surface area contributed by atoms with Crippen LogP contribution in [0.2, 0.25) is 0 Å². The number of likely N-dealkylation sites (N-methyl/N-ethyl adjacent to an activating group) is 1. The molecule has 0 spiro atoms. The lowest BCUT2D eigenvalue weighted by Gasteiger charge is -2.20. The van der Waals surface area contributed by atoms with Gasteiger partial charge in [0.15, 0.2) is 6.19 Å². The van der Waals surface area contributed by atoms with Gasteiger partial charge in [-0.25, -0.2) is 0 Å². The Bertz CT molecular complexity index is 1130. The number of fused-ring (bicyclic) bond motifs is 1. The van der Waals surface area contributed by atoms with Crippen LogP contribution in [0.4, 0.5) is 5.69 Å². The summed E-state index contributed by atoms with van der Waals surface area (Å²) in [7, 11) is 1.29. The molecular weight excluding hydrogens is 374 g/mol. The third-order valence-corrected chi connectivity index (χ3v) is 4.53. The van der Waals surface area contributed by atoms with E-state index in [9.17, 15) is 19.7 Å². The number of para-hydroxylation sites is 2. The van der Waals surface area contributed by atoms with Crippen LogP contribution in [0, 0.1) is 21.6 Å².